The third-order valence-corrected chi connectivity index (χ3v) is 10.1. The second-order valence-electron chi connectivity index (χ2n) is 10.9. The van der Waals surface area contributed by atoms with Crippen LogP contribution in [0.2, 0.25) is 0 Å². The highest BCUT2D eigenvalue weighted by Crippen LogP contribution is 2.34. The highest BCUT2D eigenvalue weighted by Gasteiger charge is 2.34. The molecule has 218 valence electrons. The molecule has 1 aromatic heterocycles. The van der Waals surface area contributed by atoms with Crippen molar-refractivity contribution in [2.45, 2.75) is 24.7 Å². The first kappa shape index (κ1) is 28.0. The number of amides is 2. The van der Waals surface area contributed by atoms with Crippen molar-refractivity contribution in [3.63, 3.8) is 0 Å². The fourth-order valence-corrected chi connectivity index (χ4v) is 7.18. The second-order valence-corrected chi connectivity index (χ2v) is 12.8. The van der Waals surface area contributed by atoms with Crippen LogP contribution in [-0.4, -0.2) is 68.7 Å². The molecular formula is C32H34N4O5S. The van der Waals surface area contributed by atoms with Gasteiger partial charge in [-0.05, 0) is 56.2 Å². The van der Waals surface area contributed by atoms with Crippen molar-refractivity contribution in [1.29, 1.82) is 0 Å². The maximum absolute atomic E-state index is 13.7. The third kappa shape index (κ3) is 5.52. The molecule has 2 fully saturated rings. The zero-order valence-electron chi connectivity index (χ0n) is 23.5. The topological polar surface area (TPSA) is 103 Å². The van der Waals surface area contributed by atoms with E-state index in [2.05, 4.69) is 22.3 Å². The molecule has 3 aromatic carbocycles. The van der Waals surface area contributed by atoms with E-state index in [0.29, 0.717) is 55.7 Å². The van der Waals surface area contributed by atoms with Crippen LogP contribution in [0.5, 0.6) is 0 Å². The van der Waals surface area contributed by atoms with E-state index in [1.54, 1.807) is 35.2 Å². The first-order valence-electron chi connectivity index (χ1n) is 14.3. The Kier molecular flexibility index (Phi) is 7.74. The Bertz CT molecular complexity index is 1690. The average molecular weight is 587 g/mol. The highest BCUT2D eigenvalue weighted by molar-refractivity contribution is 7.89. The van der Waals surface area contributed by atoms with Gasteiger partial charge in [-0.1, -0.05) is 48.0 Å². The summed E-state index contributed by atoms with van der Waals surface area (Å²) in [6.45, 7) is 4.87. The van der Waals surface area contributed by atoms with E-state index in [9.17, 15) is 18.0 Å². The molecule has 0 spiro atoms. The Labute approximate surface area is 245 Å². The predicted octanol–water partition coefficient (Wildman–Crippen LogP) is 4.74. The normalized spacial score (nSPS) is 17.0. The largest absolute Gasteiger partial charge is 0.449 e. The Morgan fingerprint density at radius 2 is 1.45 bits per heavy atom. The molecule has 0 unspecified atom stereocenters. The number of fused-ring (bicyclic) bond motifs is 1. The zero-order valence-corrected chi connectivity index (χ0v) is 24.3. The molecule has 3 heterocycles. The summed E-state index contributed by atoms with van der Waals surface area (Å²) in [5.41, 5.74) is 3.02. The van der Waals surface area contributed by atoms with Gasteiger partial charge in [0.1, 0.15) is 11.3 Å². The standard InChI is InChI=1S/C32H34N4O5S/c1-23-11-13-26(14-12-23)42(39,40)36-17-15-24(16-18-36)31(37)33-29-27-9-5-6-10-28(27)41-30(29)32(38)35-21-19-34(20-22-35)25-7-3-2-4-8-25/h2-14,24H,15-22H2,1H3,(H,33,37). The van der Waals surface area contributed by atoms with Gasteiger partial charge in [-0.2, -0.15) is 4.31 Å². The summed E-state index contributed by atoms with van der Waals surface area (Å²) in [4.78, 5) is 31.4. The van der Waals surface area contributed by atoms with Crippen LogP contribution in [0.1, 0.15) is 29.0 Å². The van der Waals surface area contributed by atoms with Crippen LogP contribution in [0.4, 0.5) is 11.4 Å². The minimum Gasteiger partial charge on any atom is -0.449 e. The Hall–Kier alpha value is -4.15. The number of rotatable bonds is 6. The lowest BCUT2D eigenvalue weighted by molar-refractivity contribution is -0.120. The van der Waals surface area contributed by atoms with E-state index in [4.69, 9.17) is 4.42 Å². The van der Waals surface area contributed by atoms with Gasteiger partial charge in [-0.15, -0.1) is 0 Å². The first-order valence-corrected chi connectivity index (χ1v) is 15.7. The van der Waals surface area contributed by atoms with Crippen LogP contribution in [0, 0.1) is 12.8 Å². The van der Waals surface area contributed by atoms with Crippen LogP contribution in [0.25, 0.3) is 11.0 Å². The van der Waals surface area contributed by atoms with Gasteiger partial charge in [-0.25, -0.2) is 8.42 Å². The van der Waals surface area contributed by atoms with Crippen molar-refractivity contribution < 1.29 is 22.4 Å². The molecule has 2 aliphatic heterocycles. The number of sulfonamides is 1. The number of carbonyl (C=O) groups excluding carboxylic acids is 2. The Balaban J connectivity index is 1.14. The summed E-state index contributed by atoms with van der Waals surface area (Å²) in [5.74, 6) is -0.761. The van der Waals surface area contributed by atoms with Gasteiger partial charge in [-0.3, -0.25) is 9.59 Å². The fraction of sp³-hybridized carbons (Fsp3) is 0.312. The first-order chi connectivity index (χ1) is 20.3. The summed E-state index contributed by atoms with van der Waals surface area (Å²) >= 11 is 0. The quantitative estimate of drug-likeness (QED) is 0.350. The van der Waals surface area contributed by atoms with Crippen LogP contribution >= 0.6 is 0 Å². The van der Waals surface area contributed by atoms with Crippen molar-refractivity contribution in [2.24, 2.45) is 5.92 Å². The number of piperazine rings is 1. The second kappa shape index (κ2) is 11.6. The number of nitrogens with one attached hydrogen (secondary N) is 1. The third-order valence-electron chi connectivity index (χ3n) is 8.21. The maximum atomic E-state index is 13.7. The highest BCUT2D eigenvalue weighted by atomic mass is 32.2. The molecule has 2 amide bonds. The Morgan fingerprint density at radius 1 is 0.810 bits per heavy atom. The average Bonchev–Trinajstić information content (AvgIpc) is 3.39. The number of nitrogens with zero attached hydrogens (tertiary/aromatic N) is 3. The Morgan fingerprint density at radius 3 is 2.14 bits per heavy atom. The molecule has 2 aliphatic rings. The van der Waals surface area contributed by atoms with Crippen LogP contribution in [0.15, 0.2) is 88.2 Å². The lowest BCUT2D eigenvalue weighted by Crippen LogP contribution is -2.48. The zero-order chi connectivity index (χ0) is 29.3. The fourth-order valence-electron chi connectivity index (χ4n) is 5.71. The summed E-state index contributed by atoms with van der Waals surface area (Å²) in [7, 11) is -3.63. The number of benzene rings is 3. The smallest absolute Gasteiger partial charge is 0.291 e. The van der Waals surface area contributed by atoms with E-state index < -0.39 is 10.0 Å². The number of para-hydroxylation sites is 2. The maximum Gasteiger partial charge on any atom is 0.291 e. The van der Waals surface area contributed by atoms with Crippen LogP contribution in [0.3, 0.4) is 0 Å². The molecule has 42 heavy (non-hydrogen) atoms. The molecule has 6 rings (SSSR count). The molecule has 0 aliphatic carbocycles. The summed E-state index contributed by atoms with van der Waals surface area (Å²) in [6.07, 6.45) is 0.773. The van der Waals surface area contributed by atoms with Gasteiger partial charge < -0.3 is 19.5 Å². The molecule has 1 N–H and O–H groups in total. The van der Waals surface area contributed by atoms with Crippen molar-refractivity contribution in [2.75, 3.05) is 49.5 Å². The van der Waals surface area contributed by atoms with Crippen LogP contribution < -0.4 is 10.2 Å². The van der Waals surface area contributed by atoms with E-state index in [1.165, 1.54) is 4.31 Å². The molecule has 9 nitrogen and oxygen atoms in total. The van der Waals surface area contributed by atoms with E-state index in [0.717, 1.165) is 11.3 Å². The molecule has 0 bridgehead atoms. The molecule has 0 saturated carbocycles. The van der Waals surface area contributed by atoms with Crippen LogP contribution in [-0.2, 0) is 14.8 Å². The summed E-state index contributed by atoms with van der Waals surface area (Å²) < 4.78 is 33.7. The van der Waals surface area contributed by atoms with Gasteiger partial charge in [0, 0.05) is 56.3 Å². The summed E-state index contributed by atoms with van der Waals surface area (Å²) in [6, 6.07) is 24.2. The summed E-state index contributed by atoms with van der Waals surface area (Å²) in [5, 5.41) is 3.65. The van der Waals surface area contributed by atoms with Gasteiger partial charge in [0.15, 0.2) is 0 Å². The predicted molar refractivity (Wildman–Crippen MR) is 162 cm³/mol. The molecule has 0 atom stereocenters. The number of anilines is 2. The van der Waals surface area contributed by atoms with Crippen molar-refractivity contribution >= 4 is 44.2 Å². The number of piperidine rings is 1. The lowest BCUT2D eigenvalue weighted by Gasteiger charge is -2.35. The SMILES string of the molecule is Cc1ccc(S(=O)(=O)N2CCC(C(=O)Nc3c(C(=O)N4CCN(c5ccccc5)CC4)oc4ccccc34)CC2)cc1. The van der Waals surface area contributed by atoms with Gasteiger partial charge >= 0.3 is 0 Å². The van der Waals surface area contributed by atoms with Crippen molar-refractivity contribution in [3.8, 4) is 0 Å². The molecule has 10 heteroatoms. The minimum atomic E-state index is -3.63. The monoisotopic (exact) mass is 586 g/mol. The molecule has 4 aromatic rings. The van der Waals surface area contributed by atoms with Gasteiger partial charge in [0.2, 0.25) is 21.7 Å². The lowest BCUT2D eigenvalue weighted by atomic mass is 9.97. The van der Waals surface area contributed by atoms with E-state index >= 15 is 0 Å². The van der Waals surface area contributed by atoms with Gasteiger partial charge in [0.05, 0.1) is 4.90 Å². The molecular weight excluding hydrogens is 552 g/mol. The molecule has 0 radical (unpaired) electrons. The van der Waals surface area contributed by atoms with Gasteiger partial charge in [0.25, 0.3) is 5.91 Å². The van der Waals surface area contributed by atoms with Crippen molar-refractivity contribution in [3.05, 3.63) is 90.2 Å². The van der Waals surface area contributed by atoms with E-state index in [-0.39, 0.29) is 41.5 Å². The number of carbonyl (C=O) groups is 2. The number of hydrogen-bond donors (Lipinski definition) is 1. The molecule has 2 saturated heterocycles. The number of hydrogen-bond acceptors (Lipinski definition) is 6. The number of furan rings is 1. The minimum absolute atomic E-state index is 0.122. The van der Waals surface area contributed by atoms with E-state index in [1.807, 2.05) is 43.3 Å². The van der Waals surface area contributed by atoms with Crippen molar-refractivity contribution in [1.82, 2.24) is 9.21 Å². The number of aryl methyl sites for hydroxylation is 1.